The second-order valence-corrected chi connectivity index (χ2v) is 9.27. The van der Waals surface area contributed by atoms with E-state index < -0.39 is 9.84 Å². The molecule has 1 aromatic heterocycles. The van der Waals surface area contributed by atoms with Gasteiger partial charge < -0.3 is 15.0 Å². The maximum atomic E-state index is 12.8. The van der Waals surface area contributed by atoms with Crippen LogP contribution in [0.5, 0.6) is 0 Å². The Morgan fingerprint density at radius 2 is 2.11 bits per heavy atom. The largest absolute Gasteiger partial charge is 0.379 e. The van der Waals surface area contributed by atoms with Gasteiger partial charge in [0.15, 0.2) is 9.84 Å². The molecule has 2 fully saturated rings. The van der Waals surface area contributed by atoms with Gasteiger partial charge in [-0.2, -0.15) is 0 Å². The van der Waals surface area contributed by atoms with Crippen LogP contribution >= 0.6 is 0 Å². The first-order valence-electron chi connectivity index (χ1n) is 9.21. The predicted molar refractivity (Wildman–Crippen MR) is 102 cm³/mol. The van der Waals surface area contributed by atoms with Crippen molar-refractivity contribution >= 4 is 21.6 Å². The molecule has 1 atom stereocenters. The molecule has 150 valence electrons. The van der Waals surface area contributed by atoms with Crippen LogP contribution in [0.3, 0.4) is 0 Å². The third-order valence-corrected chi connectivity index (χ3v) is 6.72. The van der Waals surface area contributed by atoms with Gasteiger partial charge in [0.2, 0.25) is 0 Å². The van der Waals surface area contributed by atoms with Crippen LogP contribution in [0.15, 0.2) is 6.07 Å². The smallest absolute Gasteiger partial charge is 0.272 e. The van der Waals surface area contributed by atoms with Crippen molar-refractivity contribution in [3.05, 3.63) is 17.6 Å². The number of morpholine rings is 1. The van der Waals surface area contributed by atoms with Crippen molar-refractivity contribution in [2.24, 2.45) is 0 Å². The first-order valence-corrected chi connectivity index (χ1v) is 11.0. The van der Waals surface area contributed by atoms with Crippen molar-refractivity contribution in [1.29, 1.82) is 0 Å². The van der Waals surface area contributed by atoms with Gasteiger partial charge in [-0.3, -0.25) is 9.69 Å². The van der Waals surface area contributed by atoms with Crippen molar-refractivity contribution in [2.45, 2.75) is 19.4 Å². The minimum Gasteiger partial charge on any atom is -0.379 e. The summed E-state index contributed by atoms with van der Waals surface area (Å²) >= 11 is 0. The molecule has 10 heteroatoms. The Labute approximate surface area is 160 Å². The zero-order valence-electron chi connectivity index (χ0n) is 15.8. The molecule has 27 heavy (non-hydrogen) atoms. The number of amides is 1. The van der Waals surface area contributed by atoms with Crippen LogP contribution in [-0.4, -0.2) is 98.1 Å². The maximum Gasteiger partial charge on any atom is 0.272 e. The molecule has 1 aromatic rings. The molecule has 1 amide bonds. The van der Waals surface area contributed by atoms with E-state index in [1.807, 2.05) is 0 Å². The van der Waals surface area contributed by atoms with Crippen LogP contribution < -0.4 is 5.32 Å². The minimum absolute atomic E-state index is 0.0178. The summed E-state index contributed by atoms with van der Waals surface area (Å²) in [7, 11) is -1.41. The van der Waals surface area contributed by atoms with Crippen LogP contribution in [0.1, 0.15) is 22.7 Å². The monoisotopic (exact) mass is 397 g/mol. The topological polar surface area (TPSA) is 105 Å². The van der Waals surface area contributed by atoms with E-state index in [9.17, 15) is 13.2 Å². The quantitative estimate of drug-likeness (QED) is 0.703. The first kappa shape index (κ1) is 20.0. The summed E-state index contributed by atoms with van der Waals surface area (Å²) in [5.74, 6) is 0.976. The number of carbonyl (C=O) groups is 1. The number of ether oxygens (including phenoxy) is 1. The summed E-state index contributed by atoms with van der Waals surface area (Å²) in [4.78, 5) is 25.1. The van der Waals surface area contributed by atoms with Crippen LogP contribution in [0.2, 0.25) is 0 Å². The average molecular weight is 398 g/mol. The van der Waals surface area contributed by atoms with Gasteiger partial charge in [0, 0.05) is 45.3 Å². The summed E-state index contributed by atoms with van der Waals surface area (Å²) in [6.45, 7) is 6.68. The van der Waals surface area contributed by atoms with Gasteiger partial charge >= 0.3 is 0 Å². The first-order chi connectivity index (χ1) is 12.8. The standard InChI is InChI=1S/C17H27N5O4S/c1-13-19-15(17(23)21(2)14-3-10-27(24,25)12-14)11-16(20-13)18-4-5-22-6-8-26-9-7-22/h11,14H,3-10,12H2,1-2H3,(H,18,19,20). The number of nitrogens with one attached hydrogen (secondary N) is 1. The molecule has 1 N–H and O–H groups in total. The number of carbonyl (C=O) groups excluding carboxylic acids is 1. The lowest BCUT2D eigenvalue weighted by molar-refractivity contribution is 0.0398. The molecule has 9 nitrogen and oxygen atoms in total. The normalized spacial score (nSPS) is 22.5. The highest BCUT2D eigenvalue weighted by atomic mass is 32.2. The molecule has 3 rings (SSSR count). The van der Waals surface area contributed by atoms with Gasteiger partial charge in [-0.25, -0.2) is 18.4 Å². The maximum absolute atomic E-state index is 12.8. The molecule has 0 aromatic carbocycles. The Kier molecular flexibility index (Phi) is 6.28. The zero-order chi connectivity index (χ0) is 19.4. The number of nitrogens with zero attached hydrogens (tertiary/aromatic N) is 4. The lowest BCUT2D eigenvalue weighted by Gasteiger charge is -2.26. The van der Waals surface area contributed by atoms with E-state index in [2.05, 4.69) is 20.2 Å². The predicted octanol–water partition coefficient (Wildman–Crippen LogP) is -0.212. The fourth-order valence-electron chi connectivity index (χ4n) is 3.36. The van der Waals surface area contributed by atoms with Crippen LogP contribution in [-0.2, 0) is 14.6 Å². The van der Waals surface area contributed by atoms with Gasteiger partial charge in [-0.1, -0.05) is 0 Å². The van der Waals surface area contributed by atoms with Crippen molar-refractivity contribution in [3.63, 3.8) is 0 Å². The van der Waals surface area contributed by atoms with Gasteiger partial charge in [-0.05, 0) is 13.3 Å². The Hall–Kier alpha value is -1.78. The van der Waals surface area contributed by atoms with Gasteiger partial charge in [0.1, 0.15) is 17.3 Å². The van der Waals surface area contributed by atoms with E-state index in [-0.39, 0.29) is 29.1 Å². The number of hydrogen-bond acceptors (Lipinski definition) is 8. The van der Waals surface area contributed by atoms with Crippen LogP contribution in [0.25, 0.3) is 0 Å². The number of aromatic nitrogens is 2. The number of aryl methyl sites for hydroxylation is 1. The summed E-state index contributed by atoms with van der Waals surface area (Å²) in [6, 6.07) is 1.34. The molecule has 0 spiro atoms. The van der Waals surface area contributed by atoms with E-state index in [0.717, 1.165) is 32.8 Å². The van der Waals surface area contributed by atoms with Gasteiger partial charge in [0.05, 0.1) is 24.7 Å². The number of rotatable bonds is 6. The third kappa shape index (κ3) is 5.36. The van der Waals surface area contributed by atoms with Crippen molar-refractivity contribution in [2.75, 3.05) is 63.3 Å². The Bertz CT molecular complexity index is 780. The fourth-order valence-corrected chi connectivity index (χ4v) is 5.14. The van der Waals surface area contributed by atoms with Gasteiger partial charge in [-0.15, -0.1) is 0 Å². The Balaban J connectivity index is 1.61. The summed E-state index contributed by atoms with van der Waals surface area (Å²) in [5.41, 5.74) is 0.281. The fraction of sp³-hybridized carbons (Fsp3) is 0.706. The molecule has 2 aliphatic rings. The third-order valence-electron chi connectivity index (χ3n) is 4.97. The van der Waals surface area contributed by atoms with Crippen LogP contribution in [0, 0.1) is 6.92 Å². The Morgan fingerprint density at radius 1 is 1.37 bits per heavy atom. The SMILES string of the molecule is Cc1nc(NCCN2CCOCC2)cc(C(=O)N(C)C2CCS(=O)(=O)C2)n1. The second kappa shape index (κ2) is 8.49. The van der Waals surface area contributed by atoms with Crippen molar-refractivity contribution < 1.29 is 17.9 Å². The molecular weight excluding hydrogens is 370 g/mol. The van der Waals surface area contributed by atoms with E-state index in [4.69, 9.17) is 4.74 Å². The van der Waals surface area contributed by atoms with E-state index in [1.165, 1.54) is 4.90 Å². The van der Waals surface area contributed by atoms with Crippen molar-refractivity contribution in [3.8, 4) is 0 Å². The number of hydrogen-bond donors (Lipinski definition) is 1. The number of anilines is 1. The highest BCUT2D eigenvalue weighted by molar-refractivity contribution is 7.91. The molecule has 0 radical (unpaired) electrons. The molecular formula is C17H27N5O4S. The molecule has 0 aliphatic carbocycles. The minimum atomic E-state index is -3.05. The molecule has 0 bridgehead atoms. The molecule has 3 heterocycles. The van der Waals surface area contributed by atoms with Gasteiger partial charge in [0.25, 0.3) is 5.91 Å². The van der Waals surface area contributed by atoms with E-state index in [1.54, 1.807) is 20.0 Å². The highest BCUT2D eigenvalue weighted by Gasteiger charge is 2.33. The highest BCUT2D eigenvalue weighted by Crippen LogP contribution is 2.19. The van der Waals surface area contributed by atoms with Crippen molar-refractivity contribution in [1.82, 2.24) is 19.8 Å². The molecule has 2 saturated heterocycles. The Morgan fingerprint density at radius 3 is 2.78 bits per heavy atom. The second-order valence-electron chi connectivity index (χ2n) is 7.04. The lowest BCUT2D eigenvalue weighted by Crippen LogP contribution is -2.39. The van der Waals surface area contributed by atoms with Crippen LogP contribution in [0.4, 0.5) is 5.82 Å². The lowest BCUT2D eigenvalue weighted by atomic mass is 10.2. The molecule has 1 unspecified atom stereocenters. The number of sulfone groups is 1. The molecule has 0 saturated carbocycles. The van der Waals surface area contributed by atoms with E-state index in [0.29, 0.717) is 24.6 Å². The summed E-state index contributed by atoms with van der Waals surface area (Å²) < 4.78 is 28.7. The average Bonchev–Trinajstić information content (AvgIpc) is 3.01. The summed E-state index contributed by atoms with van der Waals surface area (Å²) in [6.07, 6.45) is 0.472. The zero-order valence-corrected chi connectivity index (χ0v) is 16.7. The summed E-state index contributed by atoms with van der Waals surface area (Å²) in [5, 5.41) is 3.25. The molecule has 2 aliphatic heterocycles. The van der Waals surface area contributed by atoms with E-state index >= 15 is 0 Å².